The lowest BCUT2D eigenvalue weighted by Gasteiger charge is -2.19. The maximum absolute atomic E-state index is 12.8. The van der Waals surface area contributed by atoms with Gasteiger partial charge in [-0.15, -0.1) is 0 Å². The second-order valence-corrected chi connectivity index (χ2v) is 5.36. The molecule has 5 heteroatoms. The van der Waals surface area contributed by atoms with E-state index in [0.717, 1.165) is 11.8 Å². The molecule has 0 fully saturated rings. The summed E-state index contributed by atoms with van der Waals surface area (Å²) >= 11 is 0. The number of rotatable bonds is 4. The first kappa shape index (κ1) is 15.9. The molecule has 1 N–H and O–H groups in total. The number of hydrogen-bond acceptors (Lipinski definition) is 5. The molecule has 2 aromatic carbocycles. The van der Waals surface area contributed by atoms with E-state index in [4.69, 9.17) is 14.2 Å². The topological polar surface area (TPSA) is 65.0 Å². The highest BCUT2D eigenvalue weighted by Gasteiger charge is 2.41. The van der Waals surface area contributed by atoms with E-state index in [1.165, 1.54) is 21.3 Å². The summed E-state index contributed by atoms with van der Waals surface area (Å²) in [4.78, 5) is 12.8. The van der Waals surface area contributed by atoms with Gasteiger partial charge < -0.3 is 19.3 Å². The van der Waals surface area contributed by atoms with Gasteiger partial charge in [0.05, 0.1) is 27.6 Å². The van der Waals surface area contributed by atoms with Crippen molar-refractivity contribution in [3.8, 4) is 17.2 Å². The molecule has 0 saturated heterocycles. The number of allylic oxidation sites excluding steroid dienone is 1. The van der Waals surface area contributed by atoms with Crippen LogP contribution < -0.4 is 14.2 Å². The number of aliphatic hydroxyl groups excluding tert-OH is 1. The Balaban J connectivity index is 2.35. The molecule has 3 rings (SSSR count). The summed E-state index contributed by atoms with van der Waals surface area (Å²) in [5.41, 5.74) is 2.30. The molecule has 0 aromatic heterocycles. The van der Waals surface area contributed by atoms with Gasteiger partial charge in [0.1, 0.15) is 0 Å². The Kier molecular flexibility index (Phi) is 4.16. The van der Waals surface area contributed by atoms with Crippen LogP contribution in [-0.2, 0) is 0 Å². The Bertz CT molecular complexity index is 808. The molecule has 2 aromatic rings. The highest BCUT2D eigenvalue weighted by molar-refractivity contribution is 6.16. The van der Waals surface area contributed by atoms with Gasteiger partial charge >= 0.3 is 0 Å². The van der Waals surface area contributed by atoms with E-state index < -0.39 is 5.92 Å². The molecule has 1 aliphatic carbocycles. The van der Waals surface area contributed by atoms with Gasteiger partial charge in [0, 0.05) is 22.6 Å². The van der Waals surface area contributed by atoms with Crippen molar-refractivity contribution in [2.75, 3.05) is 21.3 Å². The summed E-state index contributed by atoms with van der Waals surface area (Å²) in [6.07, 6.45) is 0.873. The number of Topliss-reactive ketones (excluding diaryl/α,β-unsaturated/α-hetero) is 1. The van der Waals surface area contributed by atoms with Crippen LogP contribution in [0, 0.1) is 0 Å². The molecule has 0 amide bonds. The number of carbonyl (C=O) groups excluding carboxylic acids is 1. The zero-order valence-corrected chi connectivity index (χ0v) is 13.7. The lowest BCUT2D eigenvalue weighted by atomic mass is 9.89. The van der Waals surface area contributed by atoms with Gasteiger partial charge in [-0.3, -0.25) is 4.79 Å². The molecule has 1 aliphatic rings. The van der Waals surface area contributed by atoms with Crippen molar-refractivity contribution in [2.24, 2.45) is 0 Å². The third-order valence-electron chi connectivity index (χ3n) is 4.25. The SMILES string of the molecule is COc1cc2c(c(OC)c1OC)[C@H](c1ccccc1)/C(=C/O)C2=O. The van der Waals surface area contributed by atoms with Crippen molar-refractivity contribution in [3.63, 3.8) is 0 Å². The standard InChI is InChI=1S/C19H18O5/c1-22-14-9-12-16(19(24-3)18(14)23-2)15(13(10-20)17(12)21)11-7-5-4-6-8-11/h4-10,15,20H,1-3H3/b13-10-/t15-/m1/s1. The zero-order valence-electron chi connectivity index (χ0n) is 13.7. The van der Waals surface area contributed by atoms with E-state index in [0.29, 0.717) is 33.9 Å². The quantitative estimate of drug-likeness (QED) is 0.688. The Morgan fingerprint density at radius 1 is 1.00 bits per heavy atom. The van der Waals surface area contributed by atoms with E-state index in [2.05, 4.69) is 0 Å². The predicted molar refractivity (Wildman–Crippen MR) is 89.4 cm³/mol. The molecule has 0 radical (unpaired) electrons. The number of benzene rings is 2. The van der Waals surface area contributed by atoms with E-state index in [1.807, 2.05) is 30.3 Å². The maximum Gasteiger partial charge on any atom is 0.203 e. The Morgan fingerprint density at radius 3 is 2.21 bits per heavy atom. The second kappa shape index (κ2) is 6.28. The summed E-state index contributed by atoms with van der Waals surface area (Å²) < 4.78 is 16.3. The lowest BCUT2D eigenvalue weighted by Crippen LogP contribution is -2.04. The summed E-state index contributed by atoms with van der Waals surface area (Å²) in [5.74, 6) is 0.596. The summed E-state index contributed by atoms with van der Waals surface area (Å²) in [6, 6.07) is 11.1. The molecule has 5 nitrogen and oxygen atoms in total. The van der Waals surface area contributed by atoms with Gasteiger partial charge in [0.15, 0.2) is 17.3 Å². The minimum Gasteiger partial charge on any atom is -0.515 e. The first-order valence-electron chi connectivity index (χ1n) is 7.44. The molecule has 0 saturated carbocycles. The fourth-order valence-corrected chi connectivity index (χ4v) is 3.22. The van der Waals surface area contributed by atoms with Crippen LogP contribution in [0.15, 0.2) is 48.2 Å². The molecular weight excluding hydrogens is 308 g/mol. The third kappa shape index (κ3) is 2.21. The number of ketones is 1. The normalized spacial score (nSPS) is 17.7. The highest BCUT2D eigenvalue weighted by Crippen LogP contribution is 2.52. The summed E-state index contributed by atoms with van der Waals surface area (Å²) in [5, 5.41) is 9.67. The summed E-state index contributed by atoms with van der Waals surface area (Å²) in [7, 11) is 4.54. The molecular formula is C19H18O5. The minimum absolute atomic E-state index is 0.249. The second-order valence-electron chi connectivity index (χ2n) is 5.36. The smallest absolute Gasteiger partial charge is 0.203 e. The summed E-state index contributed by atoms with van der Waals surface area (Å²) in [6.45, 7) is 0. The number of hydrogen-bond donors (Lipinski definition) is 1. The van der Waals surface area contributed by atoms with E-state index in [1.54, 1.807) is 6.07 Å². The Hall–Kier alpha value is -2.95. The third-order valence-corrected chi connectivity index (χ3v) is 4.25. The van der Waals surface area contributed by atoms with Crippen LogP contribution in [0.5, 0.6) is 17.2 Å². The largest absolute Gasteiger partial charge is 0.515 e. The van der Waals surface area contributed by atoms with Crippen LogP contribution in [0.2, 0.25) is 0 Å². The molecule has 0 bridgehead atoms. The van der Waals surface area contributed by atoms with Crippen molar-refractivity contribution in [3.05, 3.63) is 64.9 Å². The highest BCUT2D eigenvalue weighted by atomic mass is 16.5. The van der Waals surface area contributed by atoms with Gasteiger partial charge in [0.25, 0.3) is 0 Å². The van der Waals surface area contributed by atoms with Gasteiger partial charge in [-0.1, -0.05) is 30.3 Å². The molecule has 1 atom stereocenters. The molecule has 24 heavy (non-hydrogen) atoms. The minimum atomic E-state index is -0.423. The molecule has 0 unspecified atom stereocenters. The fourth-order valence-electron chi connectivity index (χ4n) is 3.22. The first-order valence-corrected chi connectivity index (χ1v) is 7.44. The maximum atomic E-state index is 12.8. The Morgan fingerprint density at radius 2 is 1.67 bits per heavy atom. The van der Waals surface area contributed by atoms with Crippen molar-refractivity contribution < 1.29 is 24.1 Å². The van der Waals surface area contributed by atoms with Crippen molar-refractivity contribution in [1.82, 2.24) is 0 Å². The van der Waals surface area contributed by atoms with Crippen molar-refractivity contribution >= 4 is 5.78 Å². The Labute approximate surface area is 140 Å². The van der Waals surface area contributed by atoms with E-state index in [9.17, 15) is 9.90 Å². The van der Waals surface area contributed by atoms with E-state index in [-0.39, 0.29) is 5.78 Å². The van der Waals surface area contributed by atoms with Crippen LogP contribution in [0.3, 0.4) is 0 Å². The van der Waals surface area contributed by atoms with Gasteiger partial charge in [-0.05, 0) is 11.6 Å². The number of aliphatic hydroxyl groups is 1. The molecule has 0 heterocycles. The average Bonchev–Trinajstić information content (AvgIpc) is 2.92. The van der Waals surface area contributed by atoms with Crippen molar-refractivity contribution in [1.29, 1.82) is 0 Å². The zero-order chi connectivity index (χ0) is 17.3. The molecule has 124 valence electrons. The lowest BCUT2D eigenvalue weighted by molar-refractivity contribution is 0.103. The first-order chi connectivity index (χ1) is 11.7. The average molecular weight is 326 g/mol. The van der Waals surface area contributed by atoms with Crippen LogP contribution in [0.25, 0.3) is 0 Å². The van der Waals surface area contributed by atoms with Gasteiger partial charge in [-0.25, -0.2) is 0 Å². The van der Waals surface area contributed by atoms with Crippen LogP contribution in [0.1, 0.15) is 27.4 Å². The van der Waals surface area contributed by atoms with E-state index >= 15 is 0 Å². The number of methoxy groups -OCH3 is 3. The molecule has 0 spiro atoms. The van der Waals surface area contributed by atoms with Crippen LogP contribution in [-0.4, -0.2) is 32.2 Å². The number of ether oxygens (including phenoxy) is 3. The van der Waals surface area contributed by atoms with Crippen LogP contribution >= 0.6 is 0 Å². The van der Waals surface area contributed by atoms with Gasteiger partial charge in [0.2, 0.25) is 5.75 Å². The van der Waals surface area contributed by atoms with Crippen LogP contribution in [0.4, 0.5) is 0 Å². The van der Waals surface area contributed by atoms with Crippen molar-refractivity contribution in [2.45, 2.75) is 5.92 Å². The predicted octanol–water partition coefficient (Wildman–Crippen LogP) is 3.48. The number of fused-ring (bicyclic) bond motifs is 1. The van der Waals surface area contributed by atoms with Gasteiger partial charge in [-0.2, -0.15) is 0 Å². The molecule has 0 aliphatic heterocycles. The fraction of sp³-hybridized carbons (Fsp3) is 0.211. The number of carbonyl (C=O) groups is 1. The monoisotopic (exact) mass is 326 g/mol.